The molecule has 0 aliphatic heterocycles. The Labute approximate surface area is 99.2 Å². The third kappa shape index (κ3) is 3.34. The third-order valence-electron chi connectivity index (χ3n) is 3.02. The van der Waals surface area contributed by atoms with Crippen LogP contribution in [0.2, 0.25) is 0 Å². The predicted molar refractivity (Wildman–Crippen MR) is 68.7 cm³/mol. The number of aromatic nitrogens is 2. The van der Waals surface area contributed by atoms with Crippen LogP contribution in [0, 0.1) is 0 Å². The van der Waals surface area contributed by atoms with Crippen molar-refractivity contribution in [1.29, 1.82) is 0 Å². The van der Waals surface area contributed by atoms with Crippen LogP contribution in [0.1, 0.15) is 45.5 Å². The number of rotatable bonds is 7. The van der Waals surface area contributed by atoms with Gasteiger partial charge in [-0.25, -0.2) is 0 Å². The maximum atomic E-state index is 4.58. The van der Waals surface area contributed by atoms with Crippen LogP contribution in [0.3, 0.4) is 0 Å². The summed E-state index contributed by atoms with van der Waals surface area (Å²) in [7, 11) is 0. The van der Waals surface area contributed by atoms with Crippen LogP contribution in [0.4, 0.5) is 0 Å². The van der Waals surface area contributed by atoms with Gasteiger partial charge < -0.3 is 5.32 Å². The molecule has 1 aromatic heterocycles. The summed E-state index contributed by atoms with van der Waals surface area (Å²) >= 11 is 0. The largest absolute Gasteiger partial charge is 0.314 e. The van der Waals surface area contributed by atoms with Crippen molar-refractivity contribution in [3.63, 3.8) is 0 Å². The van der Waals surface area contributed by atoms with Crippen LogP contribution in [0.5, 0.6) is 0 Å². The summed E-state index contributed by atoms with van der Waals surface area (Å²) in [5.41, 5.74) is 2.58. The van der Waals surface area contributed by atoms with E-state index >= 15 is 0 Å². The van der Waals surface area contributed by atoms with E-state index in [0.29, 0.717) is 6.04 Å². The van der Waals surface area contributed by atoms with Gasteiger partial charge >= 0.3 is 0 Å². The third-order valence-corrected chi connectivity index (χ3v) is 3.02. The lowest BCUT2D eigenvalue weighted by Crippen LogP contribution is -2.31. The lowest BCUT2D eigenvalue weighted by molar-refractivity contribution is 0.486. The number of nitrogens with one attached hydrogen (secondary N) is 1. The average molecular weight is 223 g/mol. The molecule has 0 aliphatic rings. The van der Waals surface area contributed by atoms with Crippen molar-refractivity contribution >= 4 is 0 Å². The number of hydrogen-bond donors (Lipinski definition) is 1. The first kappa shape index (κ1) is 13.2. The predicted octanol–water partition coefficient (Wildman–Crippen LogP) is 2.40. The van der Waals surface area contributed by atoms with E-state index in [2.05, 4.69) is 48.9 Å². The van der Waals surface area contributed by atoms with Crippen LogP contribution in [0.15, 0.2) is 6.07 Å². The van der Waals surface area contributed by atoms with Crippen molar-refractivity contribution in [2.24, 2.45) is 0 Å². The van der Waals surface area contributed by atoms with E-state index in [0.717, 1.165) is 25.9 Å². The normalized spacial score (nSPS) is 13.0. The van der Waals surface area contributed by atoms with E-state index in [9.17, 15) is 0 Å². The first-order valence-corrected chi connectivity index (χ1v) is 6.54. The van der Waals surface area contributed by atoms with Crippen molar-refractivity contribution in [1.82, 2.24) is 15.1 Å². The second-order valence-electron chi connectivity index (χ2n) is 4.16. The van der Waals surface area contributed by atoms with Crippen LogP contribution in [-0.4, -0.2) is 22.4 Å². The second-order valence-corrected chi connectivity index (χ2v) is 4.16. The van der Waals surface area contributed by atoms with Gasteiger partial charge in [0.25, 0.3) is 0 Å². The standard InChI is InChI=1S/C13H25N3/c1-5-11(14-7-3)9-13-10-12(6-2)15-16(13)8-4/h10-11,14H,5-9H2,1-4H3. The van der Waals surface area contributed by atoms with Gasteiger partial charge in [-0.2, -0.15) is 5.10 Å². The molecule has 0 spiro atoms. The van der Waals surface area contributed by atoms with Crippen LogP contribution in [0.25, 0.3) is 0 Å². The molecule has 92 valence electrons. The van der Waals surface area contributed by atoms with Crippen molar-refractivity contribution in [3.05, 3.63) is 17.5 Å². The Morgan fingerprint density at radius 3 is 2.56 bits per heavy atom. The SMILES string of the molecule is CCNC(CC)Cc1cc(CC)nn1CC. The molecule has 0 amide bonds. The van der Waals surface area contributed by atoms with E-state index in [-0.39, 0.29) is 0 Å². The molecule has 3 nitrogen and oxygen atoms in total. The van der Waals surface area contributed by atoms with Crippen LogP contribution < -0.4 is 5.32 Å². The van der Waals surface area contributed by atoms with Gasteiger partial charge in [0.1, 0.15) is 0 Å². The molecule has 1 rings (SSSR count). The van der Waals surface area contributed by atoms with Crippen molar-refractivity contribution < 1.29 is 0 Å². The van der Waals surface area contributed by atoms with Gasteiger partial charge in [0.05, 0.1) is 5.69 Å². The average Bonchev–Trinajstić information content (AvgIpc) is 2.70. The molecule has 1 atom stereocenters. The van der Waals surface area contributed by atoms with Gasteiger partial charge in [-0.3, -0.25) is 4.68 Å². The van der Waals surface area contributed by atoms with E-state index in [1.807, 2.05) is 0 Å². The summed E-state index contributed by atoms with van der Waals surface area (Å²) in [5, 5.41) is 8.10. The Hall–Kier alpha value is -0.830. The molecule has 1 unspecified atom stereocenters. The zero-order valence-corrected chi connectivity index (χ0v) is 11.1. The van der Waals surface area contributed by atoms with Gasteiger partial charge in [-0.05, 0) is 32.4 Å². The Morgan fingerprint density at radius 1 is 1.31 bits per heavy atom. The van der Waals surface area contributed by atoms with Crippen LogP contribution in [-0.2, 0) is 19.4 Å². The highest BCUT2D eigenvalue weighted by Gasteiger charge is 2.11. The summed E-state index contributed by atoms with van der Waals surface area (Å²) in [5.74, 6) is 0. The Bertz CT molecular complexity index is 304. The quantitative estimate of drug-likeness (QED) is 0.769. The summed E-state index contributed by atoms with van der Waals surface area (Å²) in [6.45, 7) is 10.7. The van der Waals surface area contributed by atoms with Crippen molar-refractivity contribution in [3.8, 4) is 0 Å². The van der Waals surface area contributed by atoms with E-state index < -0.39 is 0 Å². The monoisotopic (exact) mass is 223 g/mol. The fourth-order valence-electron chi connectivity index (χ4n) is 2.03. The fourth-order valence-corrected chi connectivity index (χ4v) is 2.03. The molecule has 0 saturated heterocycles. The minimum atomic E-state index is 0.580. The molecule has 0 aliphatic carbocycles. The summed E-state index contributed by atoms with van der Waals surface area (Å²) in [6.07, 6.45) is 3.29. The maximum absolute atomic E-state index is 4.58. The maximum Gasteiger partial charge on any atom is 0.0624 e. The first-order chi connectivity index (χ1) is 7.74. The molecule has 0 radical (unpaired) electrons. The second kappa shape index (κ2) is 6.69. The topological polar surface area (TPSA) is 29.9 Å². The smallest absolute Gasteiger partial charge is 0.0624 e. The molecular weight excluding hydrogens is 198 g/mol. The van der Waals surface area contributed by atoms with Gasteiger partial charge in [0.2, 0.25) is 0 Å². The summed E-state index contributed by atoms with van der Waals surface area (Å²) < 4.78 is 2.14. The highest BCUT2D eigenvalue weighted by Crippen LogP contribution is 2.09. The van der Waals surface area contributed by atoms with E-state index in [1.54, 1.807) is 0 Å². The van der Waals surface area contributed by atoms with Crippen molar-refractivity contribution in [2.75, 3.05) is 6.54 Å². The van der Waals surface area contributed by atoms with Gasteiger partial charge in [-0.15, -0.1) is 0 Å². The Morgan fingerprint density at radius 2 is 2.06 bits per heavy atom. The lowest BCUT2D eigenvalue weighted by atomic mass is 10.1. The summed E-state index contributed by atoms with van der Waals surface area (Å²) in [6, 6.07) is 2.83. The fraction of sp³-hybridized carbons (Fsp3) is 0.769. The van der Waals surface area contributed by atoms with E-state index in [4.69, 9.17) is 0 Å². The molecule has 1 heterocycles. The molecule has 16 heavy (non-hydrogen) atoms. The molecule has 0 bridgehead atoms. The number of likely N-dealkylation sites (N-methyl/N-ethyl adjacent to an activating group) is 1. The molecule has 3 heteroatoms. The lowest BCUT2D eigenvalue weighted by Gasteiger charge is -2.16. The molecule has 0 aromatic carbocycles. The van der Waals surface area contributed by atoms with Gasteiger partial charge in [-0.1, -0.05) is 20.8 Å². The number of nitrogens with zero attached hydrogens (tertiary/aromatic N) is 2. The van der Waals surface area contributed by atoms with Crippen molar-refractivity contribution in [2.45, 2.75) is 59.5 Å². The molecular formula is C13H25N3. The Balaban J connectivity index is 2.73. The van der Waals surface area contributed by atoms with E-state index in [1.165, 1.54) is 17.8 Å². The van der Waals surface area contributed by atoms with Gasteiger partial charge in [0.15, 0.2) is 0 Å². The number of hydrogen-bond acceptors (Lipinski definition) is 2. The molecule has 1 N–H and O–H groups in total. The molecule has 0 fully saturated rings. The minimum Gasteiger partial charge on any atom is -0.314 e. The number of aryl methyl sites for hydroxylation is 2. The minimum absolute atomic E-state index is 0.580. The zero-order valence-electron chi connectivity index (χ0n) is 11.1. The highest BCUT2D eigenvalue weighted by atomic mass is 15.3. The first-order valence-electron chi connectivity index (χ1n) is 6.54. The Kier molecular flexibility index (Phi) is 5.53. The zero-order chi connectivity index (χ0) is 12.0. The van der Waals surface area contributed by atoms with Crippen LogP contribution >= 0.6 is 0 Å². The molecule has 0 saturated carbocycles. The highest BCUT2D eigenvalue weighted by molar-refractivity contribution is 5.11. The summed E-state index contributed by atoms with van der Waals surface area (Å²) in [4.78, 5) is 0. The molecule has 1 aromatic rings. The van der Waals surface area contributed by atoms with Gasteiger partial charge in [0, 0.05) is 24.7 Å².